The highest BCUT2D eigenvalue weighted by Gasteiger charge is 2.51. The molecule has 3 rings (SSSR count). The second-order valence-electron chi connectivity index (χ2n) is 7.53. The van der Waals surface area contributed by atoms with E-state index >= 15 is 0 Å². The van der Waals surface area contributed by atoms with E-state index in [0.717, 1.165) is 26.8 Å². The summed E-state index contributed by atoms with van der Waals surface area (Å²) >= 11 is 3.47. The minimum absolute atomic E-state index is 0.335. The van der Waals surface area contributed by atoms with E-state index in [1.165, 1.54) is 0 Å². The number of aryl methyl sites for hydroxylation is 1. The summed E-state index contributed by atoms with van der Waals surface area (Å²) in [5.41, 5.74) is 2.55. The zero-order valence-corrected chi connectivity index (χ0v) is 17.0. The van der Waals surface area contributed by atoms with Crippen molar-refractivity contribution in [1.82, 2.24) is 0 Å². The van der Waals surface area contributed by atoms with Crippen LogP contribution >= 0.6 is 15.9 Å². The van der Waals surface area contributed by atoms with Crippen molar-refractivity contribution in [2.24, 2.45) is 0 Å². The number of rotatable bonds is 4. The lowest BCUT2D eigenvalue weighted by molar-refractivity contribution is 0.00578. The third-order valence-corrected chi connectivity index (χ3v) is 5.50. The lowest BCUT2D eigenvalue weighted by Gasteiger charge is -2.32. The van der Waals surface area contributed by atoms with Crippen LogP contribution in [0.15, 0.2) is 46.9 Å². The van der Waals surface area contributed by atoms with Gasteiger partial charge in [-0.05, 0) is 69.4 Å². The maximum atomic E-state index is 6.13. The molecule has 0 spiro atoms. The summed E-state index contributed by atoms with van der Waals surface area (Å²) in [5, 5.41) is 0. The molecule has 1 aliphatic rings. The average Bonchev–Trinajstić information content (AvgIpc) is 2.75. The van der Waals surface area contributed by atoms with E-state index in [1.54, 1.807) is 0 Å². The average molecular weight is 403 g/mol. The van der Waals surface area contributed by atoms with Crippen molar-refractivity contribution in [1.29, 1.82) is 0 Å². The fourth-order valence-corrected chi connectivity index (χ4v) is 3.22. The normalized spacial score (nSPS) is 18.4. The van der Waals surface area contributed by atoms with Gasteiger partial charge in [0.15, 0.2) is 0 Å². The molecule has 2 aromatic carbocycles. The molecular weight excluding hydrogens is 379 g/mol. The highest BCUT2D eigenvalue weighted by Crippen LogP contribution is 2.36. The highest BCUT2D eigenvalue weighted by atomic mass is 79.9. The molecule has 0 radical (unpaired) electrons. The SMILES string of the molecule is Cc1cc(Br)ccc1OCc1cccc(B2OC(C)(C)C(C)(C)O2)c1. The standard InChI is InChI=1S/C20H24BBrO3/c1-14-11-17(22)9-10-18(14)23-13-15-7-6-8-16(12-15)21-24-19(2,3)20(4,5)25-21/h6-12H,13H2,1-5H3. The predicted octanol–water partition coefficient (Wildman–Crippen LogP) is 4.64. The van der Waals surface area contributed by atoms with E-state index in [2.05, 4.69) is 61.8 Å². The van der Waals surface area contributed by atoms with Crippen LogP contribution in [-0.4, -0.2) is 18.3 Å². The molecule has 1 saturated heterocycles. The molecular formula is C20H24BBrO3. The van der Waals surface area contributed by atoms with Crippen molar-refractivity contribution in [2.75, 3.05) is 0 Å². The first-order chi connectivity index (χ1) is 11.7. The van der Waals surface area contributed by atoms with Gasteiger partial charge < -0.3 is 14.0 Å². The van der Waals surface area contributed by atoms with Crippen molar-refractivity contribution in [3.63, 3.8) is 0 Å². The second kappa shape index (κ2) is 6.78. The van der Waals surface area contributed by atoms with E-state index in [-0.39, 0.29) is 18.3 Å². The third kappa shape index (κ3) is 3.94. The fraction of sp³-hybridized carbons (Fsp3) is 0.400. The lowest BCUT2D eigenvalue weighted by atomic mass is 9.78. The topological polar surface area (TPSA) is 27.7 Å². The molecule has 3 nitrogen and oxygen atoms in total. The van der Waals surface area contributed by atoms with Crippen LogP contribution in [0.5, 0.6) is 5.75 Å². The van der Waals surface area contributed by atoms with Gasteiger partial charge in [0.1, 0.15) is 12.4 Å². The summed E-state index contributed by atoms with van der Waals surface area (Å²) < 4.78 is 19.3. The van der Waals surface area contributed by atoms with Crippen LogP contribution in [0.25, 0.3) is 0 Å². The van der Waals surface area contributed by atoms with Gasteiger partial charge in [0.2, 0.25) is 0 Å². The van der Waals surface area contributed by atoms with Gasteiger partial charge >= 0.3 is 7.12 Å². The van der Waals surface area contributed by atoms with E-state index in [4.69, 9.17) is 14.0 Å². The number of hydrogen-bond donors (Lipinski definition) is 0. The van der Waals surface area contributed by atoms with Crippen molar-refractivity contribution in [2.45, 2.75) is 52.4 Å². The van der Waals surface area contributed by atoms with E-state index in [0.29, 0.717) is 6.61 Å². The Bertz CT molecular complexity index is 757. The molecule has 0 aromatic heterocycles. The monoisotopic (exact) mass is 402 g/mol. The fourth-order valence-electron chi connectivity index (χ4n) is 2.74. The molecule has 0 aliphatic carbocycles. The summed E-state index contributed by atoms with van der Waals surface area (Å²) in [6.07, 6.45) is 0. The van der Waals surface area contributed by atoms with Crippen LogP contribution in [-0.2, 0) is 15.9 Å². The Morgan fingerprint density at radius 2 is 1.68 bits per heavy atom. The largest absolute Gasteiger partial charge is 0.494 e. The number of halogens is 1. The van der Waals surface area contributed by atoms with Crippen LogP contribution in [0.2, 0.25) is 0 Å². The smallest absolute Gasteiger partial charge is 0.489 e. The van der Waals surface area contributed by atoms with Crippen LogP contribution in [0.4, 0.5) is 0 Å². The van der Waals surface area contributed by atoms with Gasteiger partial charge in [-0.3, -0.25) is 0 Å². The summed E-state index contributed by atoms with van der Waals surface area (Å²) in [6.45, 7) is 10.8. The molecule has 1 fully saturated rings. The summed E-state index contributed by atoms with van der Waals surface area (Å²) in [7, 11) is -0.348. The molecule has 25 heavy (non-hydrogen) atoms. The third-order valence-electron chi connectivity index (χ3n) is 5.01. The molecule has 132 valence electrons. The number of ether oxygens (including phenoxy) is 1. The zero-order valence-electron chi connectivity index (χ0n) is 15.4. The Kier molecular flexibility index (Phi) is 5.02. The Balaban J connectivity index is 1.72. The van der Waals surface area contributed by atoms with Gasteiger partial charge in [0.05, 0.1) is 11.2 Å². The molecule has 0 unspecified atom stereocenters. The van der Waals surface area contributed by atoms with Gasteiger partial charge in [0.25, 0.3) is 0 Å². The Morgan fingerprint density at radius 1 is 1.00 bits per heavy atom. The van der Waals surface area contributed by atoms with Crippen molar-refractivity contribution >= 4 is 28.5 Å². The van der Waals surface area contributed by atoms with Crippen LogP contribution in [0.3, 0.4) is 0 Å². The minimum Gasteiger partial charge on any atom is -0.489 e. The molecule has 0 saturated carbocycles. The summed E-state index contributed by atoms with van der Waals surface area (Å²) in [5.74, 6) is 0.893. The summed E-state index contributed by atoms with van der Waals surface area (Å²) in [6, 6.07) is 14.2. The molecule has 0 N–H and O–H groups in total. The van der Waals surface area contributed by atoms with Crippen LogP contribution < -0.4 is 10.2 Å². The first-order valence-electron chi connectivity index (χ1n) is 8.51. The van der Waals surface area contributed by atoms with E-state index in [9.17, 15) is 0 Å². The predicted molar refractivity (Wildman–Crippen MR) is 105 cm³/mol. The van der Waals surface area contributed by atoms with Crippen LogP contribution in [0, 0.1) is 6.92 Å². The van der Waals surface area contributed by atoms with Gasteiger partial charge in [-0.2, -0.15) is 0 Å². The van der Waals surface area contributed by atoms with Crippen LogP contribution in [0.1, 0.15) is 38.8 Å². The minimum atomic E-state index is -0.348. The number of hydrogen-bond acceptors (Lipinski definition) is 3. The van der Waals surface area contributed by atoms with Crippen molar-refractivity contribution in [3.05, 3.63) is 58.1 Å². The second-order valence-corrected chi connectivity index (χ2v) is 8.45. The first kappa shape index (κ1) is 18.5. The zero-order chi connectivity index (χ0) is 18.2. The molecule has 1 heterocycles. The molecule has 1 aliphatic heterocycles. The van der Waals surface area contributed by atoms with E-state index < -0.39 is 0 Å². The summed E-state index contributed by atoms with van der Waals surface area (Å²) in [4.78, 5) is 0. The van der Waals surface area contributed by atoms with Gasteiger partial charge in [-0.25, -0.2) is 0 Å². The Labute approximate surface area is 159 Å². The van der Waals surface area contributed by atoms with Gasteiger partial charge in [0, 0.05) is 4.47 Å². The Hall–Kier alpha value is -1.30. The van der Waals surface area contributed by atoms with Crippen molar-refractivity contribution < 1.29 is 14.0 Å². The molecule has 0 bridgehead atoms. The molecule has 2 aromatic rings. The molecule has 5 heteroatoms. The quantitative estimate of drug-likeness (QED) is 0.697. The highest BCUT2D eigenvalue weighted by molar-refractivity contribution is 9.10. The maximum Gasteiger partial charge on any atom is 0.494 e. The van der Waals surface area contributed by atoms with Gasteiger partial charge in [-0.15, -0.1) is 0 Å². The van der Waals surface area contributed by atoms with E-state index in [1.807, 2.05) is 31.2 Å². The Morgan fingerprint density at radius 3 is 2.32 bits per heavy atom. The maximum absolute atomic E-state index is 6.13. The molecule has 0 amide bonds. The van der Waals surface area contributed by atoms with Gasteiger partial charge in [-0.1, -0.05) is 40.2 Å². The lowest BCUT2D eigenvalue weighted by Crippen LogP contribution is -2.41. The molecule has 0 atom stereocenters. The first-order valence-corrected chi connectivity index (χ1v) is 9.31. The van der Waals surface area contributed by atoms with Crippen molar-refractivity contribution in [3.8, 4) is 5.75 Å². The number of benzene rings is 2.